The molecule has 1 unspecified atom stereocenters. The Balaban J connectivity index is 1.33. The summed E-state index contributed by atoms with van der Waals surface area (Å²) in [6.45, 7) is 1.03. The molecule has 1 fully saturated rings. The Morgan fingerprint density at radius 1 is 1.14 bits per heavy atom. The summed E-state index contributed by atoms with van der Waals surface area (Å²) in [4.78, 5) is 17.9. The number of nitrogens with zero attached hydrogens (tertiary/aromatic N) is 3. The molecule has 6 rings (SSSR count). The first-order valence-electron chi connectivity index (χ1n) is 12.7. The zero-order chi connectivity index (χ0) is 25.4. The Labute approximate surface area is 224 Å². The minimum absolute atomic E-state index is 0.0890. The highest BCUT2D eigenvalue weighted by Gasteiger charge is 2.51. The maximum atomic E-state index is 12.8. The molecule has 0 saturated heterocycles. The van der Waals surface area contributed by atoms with Crippen LogP contribution < -0.4 is 10.1 Å². The fraction of sp³-hybridized carbons (Fsp3) is 0.345. The van der Waals surface area contributed by atoms with Gasteiger partial charge in [-0.15, -0.1) is 0 Å². The summed E-state index contributed by atoms with van der Waals surface area (Å²) >= 11 is 3.65. The maximum absolute atomic E-state index is 12.8. The third-order valence-corrected chi connectivity index (χ3v) is 8.50. The summed E-state index contributed by atoms with van der Waals surface area (Å²) < 4.78 is 14.0. The highest BCUT2D eigenvalue weighted by molar-refractivity contribution is 9.10. The molecule has 37 heavy (non-hydrogen) atoms. The molecular formula is C29H29BrN4O3. The first-order valence-corrected chi connectivity index (χ1v) is 13.5. The normalized spacial score (nSPS) is 17.7. The number of hydrogen-bond donors (Lipinski definition) is 1. The lowest BCUT2D eigenvalue weighted by Crippen LogP contribution is -2.33. The van der Waals surface area contributed by atoms with Gasteiger partial charge in [0.15, 0.2) is 5.65 Å². The monoisotopic (exact) mass is 560 g/mol. The average molecular weight is 561 g/mol. The van der Waals surface area contributed by atoms with Gasteiger partial charge in [-0.05, 0) is 65.0 Å². The van der Waals surface area contributed by atoms with Crippen molar-refractivity contribution in [2.75, 3.05) is 19.0 Å². The number of rotatable bonds is 7. The van der Waals surface area contributed by atoms with Crippen LogP contribution in [0.1, 0.15) is 52.9 Å². The first-order chi connectivity index (χ1) is 18.1. The van der Waals surface area contributed by atoms with Crippen LogP contribution in [0, 0.1) is 5.92 Å². The molecular weight excluding hydrogens is 532 g/mol. The van der Waals surface area contributed by atoms with E-state index < -0.39 is 0 Å². The van der Waals surface area contributed by atoms with Gasteiger partial charge in [-0.2, -0.15) is 9.61 Å². The number of aromatic nitrogens is 3. The minimum atomic E-state index is -0.270. The van der Waals surface area contributed by atoms with E-state index in [4.69, 9.17) is 14.5 Å². The van der Waals surface area contributed by atoms with Gasteiger partial charge in [0.25, 0.3) is 0 Å². The number of hydrogen-bond acceptors (Lipinski definition) is 6. The van der Waals surface area contributed by atoms with Crippen molar-refractivity contribution < 1.29 is 14.3 Å². The highest BCUT2D eigenvalue weighted by Crippen LogP contribution is 2.54. The number of nitrogens with one attached hydrogen (secondary N) is 1. The largest absolute Gasteiger partial charge is 0.497 e. The van der Waals surface area contributed by atoms with Crippen molar-refractivity contribution >= 4 is 33.4 Å². The van der Waals surface area contributed by atoms with Crippen molar-refractivity contribution in [1.29, 1.82) is 0 Å². The van der Waals surface area contributed by atoms with Crippen LogP contribution in [0.5, 0.6) is 5.75 Å². The van der Waals surface area contributed by atoms with Crippen LogP contribution in [0.4, 0.5) is 5.82 Å². The predicted molar refractivity (Wildman–Crippen MR) is 145 cm³/mol. The molecule has 1 spiro atoms. The fourth-order valence-corrected chi connectivity index (χ4v) is 6.40. The van der Waals surface area contributed by atoms with Crippen LogP contribution in [0.3, 0.4) is 0 Å². The maximum Gasteiger partial charge on any atom is 0.338 e. The van der Waals surface area contributed by atoms with E-state index in [0.717, 1.165) is 65.0 Å². The summed E-state index contributed by atoms with van der Waals surface area (Å²) in [7, 11) is 1.67. The lowest BCUT2D eigenvalue weighted by atomic mass is 9.75. The lowest BCUT2D eigenvalue weighted by molar-refractivity contribution is 0.0377. The number of carbonyl (C=O) groups excluding carboxylic acids is 1. The number of benzene rings is 2. The van der Waals surface area contributed by atoms with Gasteiger partial charge in [0.1, 0.15) is 11.6 Å². The molecule has 2 heterocycles. The Bertz CT molecular complexity index is 1430. The van der Waals surface area contributed by atoms with Crippen LogP contribution in [-0.2, 0) is 23.1 Å². The second-order valence-corrected chi connectivity index (χ2v) is 10.8. The predicted octanol–water partition coefficient (Wildman–Crippen LogP) is 5.95. The molecule has 2 aromatic heterocycles. The molecule has 0 radical (unpaired) electrons. The van der Waals surface area contributed by atoms with Crippen molar-refractivity contribution in [3.8, 4) is 5.75 Å². The van der Waals surface area contributed by atoms with E-state index in [1.165, 1.54) is 5.56 Å². The second kappa shape index (κ2) is 9.82. The van der Waals surface area contributed by atoms with Gasteiger partial charge in [-0.3, -0.25) is 0 Å². The van der Waals surface area contributed by atoms with Gasteiger partial charge in [0.05, 0.1) is 35.6 Å². The van der Waals surface area contributed by atoms with Gasteiger partial charge in [-0.1, -0.05) is 43.2 Å². The summed E-state index contributed by atoms with van der Waals surface area (Å²) in [5, 5.41) is 8.29. The topological polar surface area (TPSA) is 77.8 Å². The molecule has 0 aliphatic heterocycles. The van der Waals surface area contributed by atoms with Gasteiger partial charge in [-0.25, -0.2) is 9.78 Å². The summed E-state index contributed by atoms with van der Waals surface area (Å²) in [5.41, 5.74) is 4.77. The zero-order valence-electron chi connectivity index (χ0n) is 20.7. The van der Waals surface area contributed by atoms with E-state index in [1.54, 1.807) is 25.4 Å². The second-order valence-electron chi connectivity index (χ2n) is 9.95. The van der Waals surface area contributed by atoms with Gasteiger partial charge in [0, 0.05) is 23.4 Å². The van der Waals surface area contributed by atoms with Crippen molar-refractivity contribution in [3.05, 3.63) is 87.7 Å². The summed E-state index contributed by atoms with van der Waals surface area (Å²) in [6, 6.07) is 17.3. The summed E-state index contributed by atoms with van der Waals surface area (Å²) in [6.07, 6.45) is 7.02. The molecule has 8 heteroatoms. The third kappa shape index (κ3) is 4.27. The molecule has 2 aliphatic rings. The number of carbonyl (C=O) groups is 1. The van der Waals surface area contributed by atoms with E-state index in [1.807, 2.05) is 34.8 Å². The average Bonchev–Trinajstić information content (AvgIpc) is 3.65. The number of methoxy groups -OCH3 is 1. The smallest absolute Gasteiger partial charge is 0.338 e. The molecule has 190 valence electrons. The van der Waals surface area contributed by atoms with E-state index in [9.17, 15) is 4.79 Å². The van der Waals surface area contributed by atoms with Crippen LogP contribution in [0.15, 0.2) is 65.3 Å². The van der Waals surface area contributed by atoms with E-state index in [-0.39, 0.29) is 17.3 Å². The molecule has 2 aliphatic carbocycles. The Hall–Kier alpha value is -3.39. The number of fused-ring (bicyclic) bond motifs is 3. The molecule has 4 aromatic rings. The number of esters is 1. The van der Waals surface area contributed by atoms with Gasteiger partial charge in [0.2, 0.25) is 0 Å². The summed E-state index contributed by atoms with van der Waals surface area (Å²) in [5.74, 6) is 1.71. The first kappa shape index (κ1) is 24.0. The molecule has 7 nitrogen and oxygen atoms in total. The highest BCUT2D eigenvalue weighted by atomic mass is 79.9. The number of anilines is 1. The number of halogens is 1. The molecule has 0 bridgehead atoms. The molecule has 1 N–H and O–H groups in total. The van der Waals surface area contributed by atoms with Crippen LogP contribution in [-0.4, -0.2) is 34.3 Å². The SMILES string of the molecule is COc1ccc(CNc2c3c(nc4c(Br)cnn24)C2(CCCC2)C(COC(=O)c2ccccc2)C3)cc1. The van der Waals surface area contributed by atoms with Crippen molar-refractivity contribution in [1.82, 2.24) is 14.6 Å². The fourth-order valence-electron chi connectivity index (χ4n) is 6.05. The van der Waals surface area contributed by atoms with Gasteiger partial charge < -0.3 is 14.8 Å². The number of ether oxygens (including phenoxy) is 2. The Morgan fingerprint density at radius 2 is 1.89 bits per heavy atom. The van der Waals surface area contributed by atoms with Gasteiger partial charge >= 0.3 is 5.97 Å². The zero-order valence-corrected chi connectivity index (χ0v) is 22.3. The molecule has 1 saturated carbocycles. The standard InChI is InChI=1S/C29H29BrN4O3/c1-36-22-11-9-19(10-12-22)16-31-26-23-15-21(18-37-28(35)20-7-3-2-4-8-20)29(13-5-6-14-29)25(23)33-27-24(30)17-32-34(26)27/h2-4,7-12,17,21,31H,5-6,13-16,18H2,1H3. The van der Waals surface area contributed by atoms with Crippen molar-refractivity contribution in [2.24, 2.45) is 5.92 Å². The molecule has 0 amide bonds. The minimum Gasteiger partial charge on any atom is -0.497 e. The Morgan fingerprint density at radius 3 is 2.62 bits per heavy atom. The van der Waals surface area contributed by atoms with E-state index in [0.29, 0.717) is 18.7 Å². The molecule has 1 atom stereocenters. The lowest BCUT2D eigenvalue weighted by Gasteiger charge is -2.31. The Kier molecular flexibility index (Phi) is 6.36. The van der Waals surface area contributed by atoms with Crippen LogP contribution >= 0.6 is 15.9 Å². The molecule has 2 aromatic carbocycles. The van der Waals surface area contributed by atoms with E-state index in [2.05, 4.69) is 38.5 Å². The van der Waals surface area contributed by atoms with Crippen LogP contribution in [0.25, 0.3) is 5.65 Å². The third-order valence-electron chi connectivity index (χ3n) is 7.95. The van der Waals surface area contributed by atoms with Crippen molar-refractivity contribution in [3.63, 3.8) is 0 Å². The quantitative estimate of drug-likeness (QED) is 0.281. The van der Waals surface area contributed by atoms with E-state index >= 15 is 0 Å². The van der Waals surface area contributed by atoms with Crippen molar-refractivity contribution in [2.45, 2.75) is 44.1 Å². The van der Waals surface area contributed by atoms with Crippen LogP contribution in [0.2, 0.25) is 0 Å².